The molecule has 1 aromatic carbocycles. The second-order valence-electron chi connectivity index (χ2n) is 2.46. The van der Waals surface area contributed by atoms with Gasteiger partial charge >= 0.3 is 0 Å². The third kappa shape index (κ3) is 1.60. The lowest BCUT2D eigenvalue weighted by atomic mass is 10.2. The maximum absolute atomic E-state index is 13.2. The van der Waals surface area contributed by atoms with Crippen LogP contribution in [-0.4, -0.2) is 15.2 Å². The number of aromatic nitrogens is 3. The molecule has 0 unspecified atom stereocenters. The van der Waals surface area contributed by atoms with Crippen molar-refractivity contribution in [3.05, 3.63) is 34.8 Å². The van der Waals surface area contributed by atoms with E-state index >= 15 is 0 Å². The molecule has 0 amide bonds. The Hall–Kier alpha value is -1.23. The lowest BCUT2D eigenvalue weighted by Crippen LogP contribution is -1.86. The monoisotopic (exact) mass is 241 g/mol. The lowest BCUT2D eigenvalue weighted by Gasteiger charge is -1.98. The molecule has 1 N–H and O–H groups in total. The Kier molecular flexibility index (Phi) is 2.10. The molecular weight excluding hydrogens is 237 g/mol. The van der Waals surface area contributed by atoms with Crippen LogP contribution in [0, 0.1) is 5.82 Å². The van der Waals surface area contributed by atoms with Crippen molar-refractivity contribution in [2.24, 2.45) is 0 Å². The zero-order chi connectivity index (χ0) is 9.26. The molecule has 0 radical (unpaired) electrons. The number of nitrogens with zero attached hydrogens (tertiary/aromatic N) is 2. The first-order valence-electron chi connectivity index (χ1n) is 3.58. The fourth-order valence-electron chi connectivity index (χ4n) is 1.01. The van der Waals surface area contributed by atoms with Gasteiger partial charge in [0, 0.05) is 4.47 Å². The average Bonchev–Trinajstić information content (AvgIpc) is 2.61. The third-order valence-electron chi connectivity index (χ3n) is 1.60. The van der Waals surface area contributed by atoms with Crippen LogP contribution in [0.5, 0.6) is 0 Å². The molecule has 2 aromatic rings. The molecule has 2 rings (SSSR count). The Bertz CT molecular complexity index is 413. The summed E-state index contributed by atoms with van der Waals surface area (Å²) in [7, 11) is 0. The summed E-state index contributed by atoms with van der Waals surface area (Å²) in [5, 5.41) is 6.25. The lowest BCUT2D eigenvalue weighted by molar-refractivity contribution is 0.630. The standard InChI is InChI=1S/C8H5BrFN3/c9-5-1-2-7(10)6(3-5)8-11-4-12-13-8/h1-4H,(H,11,12,13). The molecule has 0 aliphatic heterocycles. The third-order valence-corrected chi connectivity index (χ3v) is 2.09. The highest BCUT2D eigenvalue weighted by molar-refractivity contribution is 9.10. The SMILES string of the molecule is Fc1ccc(Br)cc1-c1ncn[nH]1. The van der Waals surface area contributed by atoms with Gasteiger partial charge in [0.25, 0.3) is 0 Å². The van der Waals surface area contributed by atoms with Crippen LogP contribution in [0.3, 0.4) is 0 Å². The fourth-order valence-corrected chi connectivity index (χ4v) is 1.38. The highest BCUT2D eigenvalue weighted by Gasteiger charge is 2.07. The predicted octanol–water partition coefficient (Wildman–Crippen LogP) is 2.37. The van der Waals surface area contributed by atoms with Crippen molar-refractivity contribution in [3.8, 4) is 11.4 Å². The molecule has 5 heteroatoms. The topological polar surface area (TPSA) is 41.6 Å². The maximum atomic E-state index is 13.2. The van der Waals surface area contributed by atoms with Crippen LogP contribution in [0.2, 0.25) is 0 Å². The van der Waals surface area contributed by atoms with E-state index < -0.39 is 0 Å². The maximum Gasteiger partial charge on any atom is 0.158 e. The van der Waals surface area contributed by atoms with E-state index in [4.69, 9.17) is 0 Å². The smallest absolute Gasteiger partial charge is 0.158 e. The van der Waals surface area contributed by atoms with Crippen molar-refractivity contribution < 1.29 is 4.39 Å². The molecule has 0 atom stereocenters. The zero-order valence-corrected chi connectivity index (χ0v) is 8.05. The summed E-state index contributed by atoms with van der Waals surface area (Å²) in [5.74, 6) is 0.110. The molecule has 0 bridgehead atoms. The highest BCUT2D eigenvalue weighted by atomic mass is 79.9. The number of hydrogen-bond acceptors (Lipinski definition) is 2. The normalized spacial score (nSPS) is 10.3. The van der Waals surface area contributed by atoms with Gasteiger partial charge < -0.3 is 0 Å². The Morgan fingerprint density at radius 1 is 1.38 bits per heavy atom. The summed E-state index contributed by atoms with van der Waals surface area (Å²) in [6.07, 6.45) is 1.34. The molecule has 0 saturated carbocycles. The van der Waals surface area contributed by atoms with Crippen LogP contribution in [0.4, 0.5) is 4.39 Å². The summed E-state index contributed by atoms with van der Waals surface area (Å²) < 4.78 is 14.0. The van der Waals surface area contributed by atoms with E-state index in [1.54, 1.807) is 12.1 Å². The molecule has 0 aliphatic rings. The van der Waals surface area contributed by atoms with Gasteiger partial charge in [-0.15, -0.1) is 0 Å². The molecule has 0 aliphatic carbocycles. The summed E-state index contributed by atoms with van der Waals surface area (Å²) in [6.45, 7) is 0. The van der Waals surface area contributed by atoms with Crippen molar-refractivity contribution in [1.29, 1.82) is 0 Å². The van der Waals surface area contributed by atoms with Crippen molar-refractivity contribution in [2.45, 2.75) is 0 Å². The van der Waals surface area contributed by atoms with Gasteiger partial charge in [0.15, 0.2) is 5.82 Å². The quantitative estimate of drug-likeness (QED) is 0.833. The minimum absolute atomic E-state index is 0.319. The fraction of sp³-hybridized carbons (Fsp3) is 0. The Balaban J connectivity index is 2.57. The van der Waals surface area contributed by atoms with Crippen LogP contribution >= 0.6 is 15.9 Å². The first-order valence-corrected chi connectivity index (χ1v) is 4.37. The van der Waals surface area contributed by atoms with E-state index in [0.29, 0.717) is 11.4 Å². The van der Waals surface area contributed by atoms with Crippen molar-refractivity contribution in [2.75, 3.05) is 0 Å². The van der Waals surface area contributed by atoms with E-state index in [0.717, 1.165) is 4.47 Å². The van der Waals surface area contributed by atoms with E-state index in [9.17, 15) is 4.39 Å². The van der Waals surface area contributed by atoms with Gasteiger partial charge in [-0.25, -0.2) is 9.37 Å². The molecular formula is C8H5BrFN3. The molecule has 0 fully saturated rings. The van der Waals surface area contributed by atoms with Crippen LogP contribution in [0.25, 0.3) is 11.4 Å². The first kappa shape index (κ1) is 8.37. The first-order chi connectivity index (χ1) is 6.27. The summed E-state index contributed by atoms with van der Waals surface area (Å²) in [4.78, 5) is 3.86. The molecule has 0 saturated heterocycles. The van der Waals surface area contributed by atoms with Crippen molar-refractivity contribution >= 4 is 15.9 Å². The van der Waals surface area contributed by atoms with Crippen LogP contribution in [0.1, 0.15) is 0 Å². The van der Waals surface area contributed by atoms with Gasteiger partial charge in [-0.05, 0) is 18.2 Å². The summed E-state index contributed by atoms with van der Waals surface area (Å²) in [6, 6.07) is 4.66. The van der Waals surface area contributed by atoms with Gasteiger partial charge in [0.1, 0.15) is 12.1 Å². The zero-order valence-electron chi connectivity index (χ0n) is 6.46. The average molecular weight is 242 g/mol. The molecule has 66 valence electrons. The second kappa shape index (κ2) is 3.26. The van der Waals surface area contributed by atoms with Gasteiger partial charge in [-0.1, -0.05) is 15.9 Å². The summed E-state index contributed by atoms with van der Waals surface area (Å²) >= 11 is 3.25. The van der Waals surface area contributed by atoms with E-state index in [1.807, 2.05) is 0 Å². The highest BCUT2D eigenvalue weighted by Crippen LogP contribution is 2.22. The minimum Gasteiger partial charge on any atom is -0.259 e. The van der Waals surface area contributed by atoms with Gasteiger partial charge in [-0.2, -0.15) is 5.10 Å². The number of H-pyrrole nitrogens is 1. The van der Waals surface area contributed by atoms with Crippen molar-refractivity contribution in [3.63, 3.8) is 0 Å². The minimum atomic E-state index is -0.319. The molecule has 1 heterocycles. The van der Waals surface area contributed by atoms with Gasteiger partial charge in [0.05, 0.1) is 5.56 Å². The molecule has 13 heavy (non-hydrogen) atoms. The number of halogens is 2. The largest absolute Gasteiger partial charge is 0.259 e. The number of benzene rings is 1. The molecule has 0 spiro atoms. The number of hydrogen-bond donors (Lipinski definition) is 1. The predicted molar refractivity (Wildman–Crippen MR) is 49.5 cm³/mol. The van der Waals surface area contributed by atoms with Crippen LogP contribution < -0.4 is 0 Å². The summed E-state index contributed by atoms with van der Waals surface area (Å²) in [5.41, 5.74) is 0.409. The number of aromatic amines is 1. The van der Waals surface area contributed by atoms with Crippen LogP contribution in [-0.2, 0) is 0 Å². The Morgan fingerprint density at radius 2 is 2.23 bits per heavy atom. The van der Waals surface area contributed by atoms with E-state index in [1.165, 1.54) is 12.4 Å². The van der Waals surface area contributed by atoms with Gasteiger partial charge in [0.2, 0.25) is 0 Å². The number of rotatable bonds is 1. The van der Waals surface area contributed by atoms with Crippen molar-refractivity contribution in [1.82, 2.24) is 15.2 Å². The van der Waals surface area contributed by atoms with E-state index in [2.05, 4.69) is 31.1 Å². The molecule has 1 aromatic heterocycles. The Morgan fingerprint density at radius 3 is 2.92 bits per heavy atom. The van der Waals surface area contributed by atoms with E-state index in [-0.39, 0.29) is 5.82 Å². The molecule has 3 nitrogen and oxygen atoms in total. The van der Waals surface area contributed by atoms with Gasteiger partial charge in [-0.3, -0.25) is 5.10 Å². The Labute approximate surface area is 82.1 Å². The number of nitrogens with one attached hydrogen (secondary N) is 1. The van der Waals surface area contributed by atoms with Crippen LogP contribution in [0.15, 0.2) is 29.0 Å². The second-order valence-corrected chi connectivity index (χ2v) is 3.37.